The lowest BCUT2D eigenvalue weighted by Crippen LogP contribution is -2.21. The lowest BCUT2D eigenvalue weighted by molar-refractivity contribution is -0.116. The van der Waals surface area contributed by atoms with Gasteiger partial charge >= 0.3 is 0 Å². The molecule has 1 N–H and O–H groups in total. The number of aryl methyl sites for hydroxylation is 2. The Morgan fingerprint density at radius 1 is 1.12 bits per heavy atom. The van der Waals surface area contributed by atoms with Crippen LogP contribution in [0.5, 0.6) is 5.75 Å². The van der Waals surface area contributed by atoms with Crippen LogP contribution >= 0.6 is 0 Å². The van der Waals surface area contributed by atoms with E-state index >= 15 is 0 Å². The van der Waals surface area contributed by atoms with Gasteiger partial charge in [0.2, 0.25) is 5.91 Å². The van der Waals surface area contributed by atoms with Crippen molar-refractivity contribution in [2.75, 3.05) is 29.9 Å². The number of amides is 1. The van der Waals surface area contributed by atoms with E-state index in [0.29, 0.717) is 13.0 Å². The highest BCUT2D eigenvalue weighted by Crippen LogP contribution is 2.28. The van der Waals surface area contributed by atoms with Crippen molar-refractivity contribution in [1.82, 2.24) is 0 Å². The molecule has 0 atom stereocenters. The molecule has 1 fully saturated rings. The molecule has 0 aliphatic carbocycles. The molecule has 1 amide bonds. The summed E-state index contributed by atoms with van der Waals surface area (Å²) in [4.78, 5) is 14.6. The van der Waals surface area contributed by atoms with Crippen LogP contribution in [0.3, 0.4) is 0 Å². The molecule has 4 heteroatoms. The third-order valence-electron chi connectivity index (χ3n) is 4.56. The zero-order chi connectivity index (χ0) is 17.6. The monoisotopic (exact) mass is 338 g/mol. The second-order valence-electron chi connectivity index (χ2n) is 6.63. The van der Waals surface area contributed by atoms with E-state index in [-0.39, 0.29) is 5.91 Å². The maximum absolute atomic E-state index is 12.3. The summed E-state index contributed by atoms with van der Waals surface area (Å²) in [5.74, 6) is 0.835. The molecule has 1 aliphatic rings. The Kier molecular flexibility index (Phi) is 5.59. The van der Waals surface area contributed by atoms with Gasteiger partial charge in [0.1, 0.15) is 5.75 Å². The average Bonchev–Trinajstić information content (AvgIpc) is 3.13. The molecular formula is C21H26N2O2. The van der Waals surface area contributed by atoms with Crippen molar-refractivity contribution in [2.24, 2.45) is 0 Å². The number of ether oxygens (including phenoxy) is 1. The van der Waals surface area contributed by atoms with Crippen LogP contribution in [0.25, 0.3) is 0 Å². The minimum Gasteiger partial charge on any atom is -0.493 e. The lowest BCUT2D eigenvalue weighted by Gasteiger charge is -2.21. The normalized spacial score (nSPS) is 13.8. The molecule has 0 spiro atoms. The van der Waals surface area contributed by atoms with E-state index in [1.54, 1.807) is 0 Å². The van der Waals surface area contributed by atoms with E-state index in [0.717, 1.165) is 41.3 Å². The van der Waals surface area contributed by atoms with Crippen LogP contribution < -0.4 is 15.0 Å². The fourth-order valence-electron chi connectivity index (χ4n) is 3.14. The Bertz CT molecular complexity index is 736. The van der Waals surface area contributed by atoms with Crippen LogP contribution in [-0.2, 0) is 4.79 Å². The number of rotatable bonds is 6. The number of hydrogen-bond donors (Lipinski definition) is 1. The van der Waals surface area contributed by atoms with E-state index in [9.17, 15) is 4.79 Å². The molecule has 3 rings (SSSR count). The molecule has 0 saturated carbocycles. The number of carbonyl (C=O) groups is 1. The van der Waals surface area contributed by atoms with Crippen molar-refractivity contribution in [3.8, 4) is 5.75 Å². The van der Waals surface area contributed by atoms with E-state index in [4.69, 9.17) is 4.74 Å². The highest BCUT2D eigenvalue weighted by Gasteiger charge is 2.16. The van der Waals surface area contributed by atoms with Gasteiger partial charge in [-0.15, -0.1) is 0 Å². The van der Waals surface area contributed by atoms with Gasteiger partial charge in [-0.2, -0.15) is 0 Å². The molecule has 25 heavy (non-hydrogen) atoms. The van der Waals surface area contributed by atoms with Gasteiger partial charge in [0.05, 0.1) is 24.4 Å². The molecule has 0 radical (unpaired) electrons. The highest BCUT2D eigenvalue weighted by atomic mass is 16.5. The second-order valence-corrected chi connectivity index (χ2v) is 6.63. The Labute approximate surface area is 149 Å². The molecule has 1 saturated heterocycles. The summed E-state index contributed by atoms with van der Waals surface area (Å²) in [5, 5.41) is 3.04. The molecule has 0 bridgehead atoms. The predicted octanol–water partition coefficient (Wildman–Crippen LogP) is 4.31. The number of hydrogen-bond acceptors (Lipinski definition) is 3. The molecule has 132 valence electrons. The number of carbonyl (C=O) groups excluding carboxylic acids is 1. The Balaban J connectivity index is 1.55. The Morgan fingerprint density at radius 2 is 1.88 bits per heavy atom. The van der Waals surface area contributed by atoms with Crippen LogP contribution in [0.2, 0.25) is 0 Å². The van der Waals surface area contributed by atoms with Crippen LogP contribution in [0.4, 0.5) is 11.4 Å². The fraction of sp³-hybridized carbons (Fsp3) is 0.381. The number of para-hydroxylation sites is 2. The molecule has 0 unspecified atom stereocenters. The summed E-state index contributed by atoms with van der Waals surface area (Å²) >= 11 is 0. The largest absolute Gasteiger partial charge is 0.493 e. The molecule has 2 aromatic rings. The van der Waals surface area contributed by atoms with Crippen LogP contribution in [-0.4, -0.2) is 25.6 Å². The SMILES string of the molecule is Cc1ccc(C)c(OCCC(=O)Nc2ccccc2N2CCCC2)c1. The van der Waals surface area contributed by atoms with Crippen LogP contribution in [0, 0.1) is 13.8 Å². The highest BCUT2D eigenvalue weighted by molar-refractivity contribution is 5.94. The summed E-state index contributed by atoms with van der Waals surface area (Å²) in [6.45, 7) is 6.54. The summed E-state index contributed by atoms with van der Waals surface area (Å²) < 4.78 is 5.78. The van der Waals surface area contributed by atoms with Gasteiger partial charge in [-0.05, 0) is 56.0 Å². The van der Waals surface area contributed by atoms with Gasteiger partial charge in [-0.3, -0.25) is 4.79 Å². The van der Waals surface area contributed by atoms with Crippen LogP contribution in [0.15, 0.2) is 42.5 Å². The third kappa shape index (κ3) is 4.53. The molecular weight excluding hydrogens is 312 g/mol. The Morgan fingerprint density at radius 3 is 2.68 bits per heavy atom. The number of nitrogens with one attached hydrogen (secondary N) is 1. The molecule has 1 heterocycles. The van der Waals surface area contributed by atoms with Gasteiger partial charge in [0.25, 0.3) is 0 Å². The van der Waals surface area contributed by atoms with Crippen molar-refractivity contribution in [3.05, 3.63) is 53.6 Å². The van der Waals surface area contributed by atoms with Crippen molar-refractivity contribution in [3.63, 3.8) is 0 Å². The third-order valence-corrected chi connectivity index (χ3v) is 4.56. The minimum atomic E-state index is -0.0167. The summed E-state index contributed by atoms with van der Waals surface area (Å²) in [7, 11) is 0. The standard InChI is InChI=1S/C21H26N2O2/c1-16-9-10-17(2)20(15-16)25-14-11-21(24)22-18-7-3-4-8-19(18)23-12-5-6-13-23/h3-4,7-10,15H,5-6,11-14H2,1-2H3,(H,22,24). The maximum Gasteiger partial charge on any atom is 0.227 e. The predicted molar refractivity (Wildman–Crippen MR) is 103 cm³/mol. The minimum absolute atomic E-state index is 0.0167. The summed E-state index contributed by atoms with van der Waals surface area (Å²) in [6, 6.07) is 14.1. The lowest BCUT2D eigenvalue weighted by atomic mass is 10.1. The molecule has 1 aliphatic heterocycles. The van der Waals surface area contributed by atoms with Crippen molar-refractivity contribution < 1.29 is 9.53 Å². The maximum atomic E-state index is 12.3. The first-order chi connectivity index (χ1) is 12.1. The fourth-order valence-corrected chi connectivity index (χ4v) is 3.14. The topological polar surface area (TPSA) is 41.6 Å². The van der Waals surface area contributed by atoms with E-state index in [1.165, 1.54) is 12.8 Å². The van der Waals surface area contributed by atoms with E-state index < -0.39 is 0 Å². The number of nitrogens with zero attached hydrogens (tertiary/aromatic N) is 1. The van der Waals surface area contributed by atoms with E-state index in [2.05, 4.69) is 22.3 Å². The van der Waals surface area contributed by atoms with Gasteiger partial charge in [-0.1, -0.05) is 24.3 Å². The quantitative estimate of drug-likeness (QED) is 0.853. The number of anilines is 2. The first-order valence-electron chi connectivity index (χ1n) is 8.97. The van der Waals surface area contributed by atoms with Gasteiger partial charge in [0, 0.05) is 13.1 Å². The van der Waals surface area contributed by atoms with Gasteiger partial charge < -0.3 is 15.0 Å². The zero-order valence-electron chi connectivity index (χ0n) is 15.0. The molecule has 4 nitrogen and oxygen atoms in total. The zero-order valence-corrected chi connectivity index (χ0v) is 15.0. The van der Waals surface area contributed by atoms with Crippen molar-refractivity contribution in [1.29, 1.82) is 0 Å². The van der Waals surface area contributed by atoms with Crippen molar-refractivity contribution >= 4 is 17.3 Å². The molecule has 2 aromatic carbocycles. The summed E-state index contributed by atoms with van der Waals surface area (Å²) in [5.41, 5.74) is 4.25. The van der Waals surface area contributed by atoms with Gasteiger partial charge in [-0.25, -0.2) is 0 Å². The number of benzene rings is 2. The first-order valence-corrected chi connectivity index (χ1v) is 8.97. The average molecular weight is 338 g/mol. The van der Waals surface area contributed by atoms with E-state index in [1.807, 2.05) is 44.2 Å². The van der Waals surface area contributed by atoms with Crippen molar-refractivity contribution in [2.45, 2.75) is 33.1 Å². The smallest absolute Gasteiger partial charge is 0.227 e. The second kappa shape index (κ2) is 8.06. The summed E-state index contributed by atoms with van der Waals surface area (Å²) in [6.07, 6.45) is 2.76. The van der Waals surface area contributed by atoms with Crippen LogP contribution in [0.1, 0.15) is 30.4 Å². The Hall–Kier alpha value is -2.49. The first kappa shape index (κ1) is 17.3. The molecule has 0 aromatic heterocycles. The van der Waals surface area contributed by atoms with Gasteiger partial charge in [0.15, 0.2) is 0 Å².